The van der Waals surface area contributed by atoms with Crippen LogP contribution in [0.4, 0.5) is 0 Å². The van der Waals surface area contributed by atoms with E-state index in [1.807, 2.05) is 6.07 Å². The van der Waals surface area contributed by atoms with E-state index in [1.165, 1.54) is 12.8 Å². The van der Waals surface area contributed by atoms with E-state index in [2.05, 4.69) is 32.7 Å². The van der Waals surface area contributed by atoms with Crippen molar-refractivity contribution in [3.8, 4) is 5.75 Å². The molecule has 0 amide bonds. The lowest BCUT2D eigenvalue weighted by atomic mass is 9.79. The predicted octanol–water partition coefficient (Wildman–Crippen LogP) is 2.70. The molecule has 0 radical (unpaired) electrons. The topological polar surface area (TPSA) is 40.6 Å². The molecule has 0 bridgehead atoms. The fourth-order valence-electron chi connectivity index (χ4n) is 2.83. The Labute approximate surface area is 127 Å². The van der Waals surface area contributed by atoms with E-state index < -0.39 is 7.12 Å². The highest BCUT2D eigenvalue weighted by molar-refractivity contribution is 6.63. The third kappa shape index (κ3) is 2.81. The summed E-state index contributed by atoms with van der Waals surface area (Å²) in [5, 5.41) is 0. The van der Waals surface area contributed by atoms with Crippen LogP contribution in [0.1, 0.15) is 53.4 Å². The molecule has 0 aromatic carbocycles. The van der Waals surface area contributed by atoms with Crippen molar-refractivity contribution in [3.63, 3.8) is 0 Å². The minimum atomic E-state index is -0.417. The quantitative estimate of drug-likeness (QED) is 0.802. The van der Waals surface area contributed by atoms with Crippen molar-refractivity contribution in [2.75, 3.05) is 0 Å². The number of aromatic nitrogens is 1. The number of rotatable bonds is 3. The predicted molar refractivity (Wildman–Crippen MR) is 82.8 cm³/mol. The van der Waals surface area contributed by atoms with Crippen LogP contribution in [0.3, 0.4) is 0 Å². The summed E-state index contributed by atoms with van der Waals surface area (Å²) >= 11 is 0. The Hall–Kier alpha value is -1.07. The van der Waals surface area contributed by atoms with Gasteiger partial charge in [-0.25, -0.2) is 0 Å². The van der Waals surface area contributed by atoms with Crippen LogP contribution >= 0.6 is 0 Å². The van der Waals surface area contributed by atoms with Gasteiger partial charge in [-0.15, -0.1) is 0 Å². The molecule has 2 aliphatic rings. The summed E-state index contributed by atoms with van der Waals surface area (Å²) in [6, 6.07) is 1.92. The monoisotopic (exact) mass is 289 g/mol. The van der Waals surface area contributed by atoms with Gasteiger partial charge in [0.2, 0.25) is 0 Å². The largest absolute Gasteiger partial charge is 0.500 e. The van der Waals surface area contributed by atoms with Crippen molar-refractivity contribution in [2.24, 2.45) is 0 Å². The van der Waals surface area contributed by atoms with E-state index in [0.717, 1.165) is 24.1 Å². The van der Waals surface area contributed by atoms with E-state index in [4.69, 9.17) is 14.0 Å². The van der Waals surface area contributed by atoms with Crippen LogP contribution in [-0.2, 0) is 9.31 Å². The first-order valence-corrected chi connectivity index (χ1v) is 7.85. The molecule has 0 atom stereocenters. The number of hydrogen-bond acceptors (Lipinski definition) is 4. The SMILES string of the molecule is CC1(C)OB(c2cnccc2OC2CCCC2)OC1(C)C. The first-order chi connectivity index (χ1) is 9.89. The second-order valence-corrected chi connectivity index (χ2v) is 7.03. The summed E-state index contributed by atoms with van der Waals surface area (Å²) < 4.78 is 18.4. The van der Waals surface area contributed by atoms with Gasteiger partial charge in [0.1, 0.15) is 5.75 Å². The molecule has 114 valence electrons. The molecule has 2 fully saturated rings. The molecule has 0 unspecified atom stereocenters. The van der Waals surface area contributed by atoms with Gasteiger partial charge >= 0.3 is 7.12 Å². The van der Waals surface area contributed by atoms with Gasteiger partial charge in [-0.05, 0) is 59.4 Å². The van der Waals surface area contributed by atoms with Crippen molar-refractivity contribution in [2.45, 2.75) is 70.7 Å². The minimum absolute atomic E-state index is 0.313. The Morgan fingerprint density at radius 2 is 1.76 bits per heavy atom. The first kappa shape index (κ1) is 14.9. The summed E-state index contributed by atoms with van der Waals surface area (Å²) in [6.07, 6.45) is 8.64. The molecule has 5 heteroatoms. The number of pyridine rings is 1. The van der Waals surface area contributed by atoms with Crippen molar-refractivity contribution in [3.05, 3.63) is 18.5 Å². The molecule has 0 N–H and O–H groups in total. The summed E-state index contributed by atoms with van der Waals surface area (Å²) in [6.45, 7) is 8.23. The van der Waals surface area contributed by atoms with Gasteiger partial charge in [0.15, 0.2) is 0 Å². The fourth-order valence-corrected chi connectivity index (χ4v) is 2.83. The highest BCUT2D eigenvalue weighted by atomic mass is 16.7. The zero-order valence-electron chi connectivity index (χ0n) is 13.4. The molecule has 1 aliphatic heterocycles. The number of ether oxygens (including phenoxy) is 1. The maximum atomic E-state index is 6.16. The highest BCUT2D eigenvalue weighted by Gasteiger charge is 2.52. The standard InChI is InChI=1S/C16H24BNO3/c1-15(2)16(3,4)21-17(20-15)13-11-18-10-9-14(13)19-12-7-5-6-8-12/h9-12H,5-8H2,1-4H3. The summed E-state index contributed by atoms with van der Waals surface area (Å²) in [4.78, 5) is 4.22. The normalized spacial score (nSPS) is 24.5. The Morgan fingerprint density at radius 3 is 2.38 bits per heavy atom. The zero-order valence-corrected chi connectivity index (χ0v) is 13.4. The van der Waals surface area contributed by atoms with Crippen LogP contribution in [0, 0.1) is 0 Å². The lowest BCUT2D eigenvalue weighted by Crippen LogP contribution is -2.41. The Balaban J connectivity index is 1.82. The van der Waals surface area contributed by atoms with Crippen LogP contribution < -0.4 is 10.2 Å². The average Bonchev–Trinajstić information content (AvgIpc) is 2.97. The van der Waals surface area contributed by atoms with Gasteiger partial charge in [0.25, 0.3) is 0 Å². The van der Waals surface area contributed by atoms with E-state index in [0.29, 0.717) is 6.10 Å². The summed E-state index contributed by atoms with van der Waals surface area (Å²) in [7, 11) is -0.417. The maximum Gasteiger partial charge on any atom is 0.500 e. The van der Waals surface area contributed by atoms with Gasteiger partial charge in [0.05, 0.1) is 17.3 Å². The Morgan fingerprint density at radius 1 is 1.14 bits per heavy atom. The smallest absolute Gasteiger partial charge is 0.491 e. The molecule has 1 saturated heterocycles. The number of hydrogen-bond donors (Lipinski definition) is 0. The molecule has 1 aromatic heterocycles. The molecular formula is C16H24BNO3. The van der Waals surface area contributed by atoms with Crippen molar-refractivity contribution in [1.82, 2.24) is 4.98 Å². The molecule has 1 saturated carbocycles. The molecule has 4 nitrogen and oxygen atoms in total. The highest BCUT2D eigenvalue weighted by Crippen LogP contribution is 2.37. The lowest BCUT2D eigenvalue weighted by Gasteiger charge is -2.32. The number of nitrogens with zero attached hydrogens (tertiary/aromatic N) is 1. The molecule has 1 aliphatic carbocycles. The van der Waals surface area contributed by atoms with Gasteiger partial charge in [0, 0.05) is 17.9 Å². The van der Waals surface area contributed by atoms with Gasteiger partial charge in [-0.3, -0.25) is 4.98 Å². The van der Waals surface area contributed by atoms with E-state index in [-0.39, 0.29) is 11.2 Å². The second-order valence-electron chi connectivity index (χ2n) is 7.03. The Bertz CT molecular complexity index is 496. The molecular weight excluding hydrogens is 265 g/mol. The minimum Gasteiger partial charge on any atom is -0.491 e. The molecule has 1 aromatic rings. The lowest BCUT2D eigenvalue weighted by molar-refractivity contribution is 0.00578. The first-order valence-electron chi connectivity index (χ1n) is 7.85. The fraction of sp³-hybridized carbons (Fsp3) is 0.688. The van der Waals surface area contributed by atoms with Crippen LogP contribution in [0.25, 0.3) is 0 Å². The van der Waals surface area contributed by atoms with Crippen LogP contribution in [-0.4, -0.2) is 29.4 Å². The molecule has 21 heavy (non-hydrogen) atoms. The molecule has 2 heterocycles. The zero-order chi connectivity index (χ0) is 15.1. The van der Waals surface area contributed by atoms with Gasteiger partial charge < -0.3 is 14.0 Å². The van der Waals surface area contributed by atoms with Crippen LogP contribution in [0.15, 0.2) is 18.5 Å². The van der Waals surface area contributed by atoms with Crippen molar-refractivity contribution < 1.29 is 14.0 Å². The van der Waals surface area contributed by atoms with E-state index in [9.17, 15) is 0 Å². The van der Waals surface area contributed by atoms with Gasteiger partial charge in [-0.1, -0.05) is 0 Å². The van der Waals surface area contributed by atoms with Crippen LogP contribution in [0.5, 0.6) is 5.75 Å². The third-order valence-electron chi connectivity index (χ3n) is 4.91. The maximum absolute atomic E-state index is 6.16. The average molecular weight is 289 g/mol. The van der Waals surface area contributed by atoms with Crippen molar-refractivity contribution >= 4 is 12.6 Å². The van der Waals surface area contributed by atoms with Crippen molar-refractivity contribution in [1.29, 1.82) is 0 Å². The van der Waals surface area contributed by atoms with E-state index in [1.54, 1.807) is 12.4 Å². The Kier molecular flexibility index (Phi) is 3.74. The second kappa shape index (κ2) is 5.29. The summed E-state index contributed by atoms with van der Waals surface area (Å²) in [5.41, 5.74) is 0.194. The van der Waals surface area contributed by atoms with Gasteiger partial charge in [-0.2, -0.15) is 0 Å². The molecule has 0 spiro atoms. The summed E-state index contributed by atoms with van der Waals surface area (Å²) in [5.74, 6) is 0.843. The van der Waals surface area contributed by atoms with Crippen LogP contribution in [0.2, 0.25) is 0 Å². The van der Waals surface area contributed by atoms with E-state index >= 15 is 0 Å². The molecule has 3 rings (SSSR count). The third-order valence-corrected chi connectivity index (χ3v) is 4.91.